The summed E-state index contributed by atoms with van der Waals surface area (Å²) in [7, 11) is 1.43. The van der Waals surface area contributed by atoms with Crippen LogP contribution in [0.4, 0.5) is 4.39 Å². The Kier molecular flexibility index (Phi) is 3.77. The molecule has 0 aliphatic carbocycles. The minimum absolute atomic E-state index is 0.0616. The Morgan fingerprint density at radius 2 is 2.00 bits per heavy atom. The number of halogens is 1. The standard InChI is InChI=1S/C12H13FO3/c1-7-4-9(11(15)5-8(2)14)10(13)6-12(7)16-3/h4,6H,5H2,1-3H3. The number of Topliss-reactive ketones (excluding diaryl/α,β-unsaturated/α-hetero) is 2. The summed E-state index contributed by atoms with van der Waals surface area (Å²) < 4.78 is 18.4. The van der Waals surface area contributed by atoms with Crippen molar-refractivity contribution in [3.63, 3.8) is 0 Å². The lowest BCUT2D eigenvalue weighted by Crippen LogP contribution is -2.08. The highest BCUT2D eigenvalue weighted by Crippen LogP contribution is 2.22. The fourth-order valence-electron chi connectivity index (χ4n) is 1.42. The van der Waals surface area contributed by atoms with E-state index in [2.05, 4.69) is 0 Å². The molecule has 0 bridgehead atoms. The van der Waals surface area contributed by atoms with Gasteiger partial charge in [-0.3, -0.25) is 9.59 Å². The van der Waals surface area contributed by atoms with Crippen LogP contribution in [-0.4, -0.2) is 18.7 Å². The third kappa shape index (κ3) is 2.66. The minimum Gasteiger partial charge on any atom is -0.496 e. The van der Waals surface area contributed by atoms with E-state index in [1.54, 1.807) is 6.92 Å². The third-order valence-corrected chi connectivity index (χ3v) is 2.19. The lowest BCUT2D eigenvalue weighted by atomic mass is 10.0. The largest absolute Gasteiger partial charge is 0.496 e. The highest BCUT2D eigenvalue weighted by molar-refractivity contribution is 6.07. The average Bonchev–Trinajstić information content (AvgIpc) is 2.19. The molecule has 0 spiro atoms. The summed E-state index contributed by atoms with van der Waals surface area (Å²) in [6.07, 6.45) is -0.275. The second kappa shape index (κ2) is 4.88. The van der Waals surface area contributed by atoms with Crippen molar-refractivity contribution in [2.75, 3.05) is 7.11 Å². The Bertz CT molecular complexity index is 438. The second-order valence-corrected chi connectivity index (χ2v) is 3.60. The number of benzene rings is 1. The molecule has 0 aromatic heterocycles. The van der Waals surface area contributed by atoms with Crippen molar-refractivity contribution in [3.05, 3.63) is 29.1 Å². The van der Waals surface area contributed by atoms with Gasteiger partial charge in [0.1, 0.15) is 17.3 Å². The molecule has 1 rings (SSSR count). The number of hydrogen-bond donors (Lipinski definition) is 0. The van der Waals surface area contributed by atoms with Gasteiger partial charge in [0, 0.05) is 6.07 Å². The van der Waals surface area contributed by atoms with Crippen LogP contribution in [0, 0.1) is 12.7 Å². The molecule has 0 saturated carbocycles. The van der Waals surface area contributed by atoms with Crippen molar-refractivity contribution in [2.45, 2.75) is 20.3 Å². The van der Waals surface area contributed by atoms with Gasteiger partial charge >= 0.3 is 0 Å². The molecule has 0 heterocycles. The van der Waals surface area contributed by atoms with Crippen molar-refractivity contribution >= 4 is 11.6 Å². The monoisotopic (exact) mass is 224 g/mol. The van der Waals surface area contributed by atoms with Gasteiger partial charge < -0.3 is 4.74 Å². The first kappa shape index (κ1) is 12.4. The maximum Gasteiger partial charge on any atom is 0.173 e. The van der Waals surface area contributed by atoms with Gasteiger partial charge in [0.15, 0.2) is 5.78 Å². The van der Waals surface area contributed by atoms with Crippen molar-refractivity contribution < 1.29 is 18.7 Å². The number of carbonyl (C=O) groups excluding carboxylic acids is 2. The van der Waals surface area contributed by atoms with Crippen LogP contribution in [0.3, 0.4) is 0 Å². The average molecular weight is 224 g/mol. The van der Waals surface area contributed by atoms with Crippen molar-refractivity contribution in [3.8, 4) is 5.75 Å². The highest BCUT2D eigenvalue weighted by atomic mass is 19.1. The number of hydrogen-bond acceptors (Lipinski definition) is 3. The molecule has 1 aromatic rings. The molecule has 0 amide bonds. The SMILES string of the molecule is COc1cc(F)c(C(=O)CC(C)=O)cc1C. The molecule has 0 fully saturated rings. The fourth-order valence-corrected chi connectivity index (χ4v) is 1.42. The quantitative estimate of drug-likeness (QED) is 0.582. The van der Waals surface area contributed by atoms with E-state index in [9.17, 15) is 14.0 Å². The number of aryl methyl sites for hydroxylation is 1. The summed E-state index contributed by atoms with van der Waals surface area (Å²) in [5.41, 5.74) is 0.601. The van der Waals surface area contributed by atoms with Gasteiger partial charge in [-0.1, -0.05) is 0 Å². The van der Waals surface area contributed by atoms with Crippen LogP contribution in [0.5, 0.6) is 5.75 Å². The molecule has 0 aliphatic heterocycles. The van der Waals surface area contributed by atoms with Gasteiger partial charge in [0.2, 0.25) is 0 Å². The first-order valence-electron chi connectivity index (χ1n) is 4.82. The summed E-state index contributed by atoms with van der Waals surface area (Å²) >= 11 is 0. The van der Waals surface area contributed by atoms with E-state index in [0.29, 0.717) is 11.3 Å². The lowest BCUT2D eigenvalue weighted by Gasteiger charge is -2.07. The lowest BCUT2D eigenvalue weighted by molar-refractivity contribution is -0.116. The van der Waals surface area contributed by atoms with Gasteiger partial charge in [0.25, 0.3) is 0 Å². The van der Waals surface area contributed by atoms with Gasteiger partial charge in [-0.05, 0) is 25.5 Å². The molecular formula is C12H13FO3. The summed E-state index contributed by atoms with van der Waals surface area (Å²) in [6.45, 7) is 3.01. The van der Waals surface area contributed by atoms with Crippen LogP contribution in [-0.2, 0) is 4.79 Å². The van der Waals surface area contributed by atoms with Crippen molar-refractivity contribution in [2.24, 2.45) is 0 Å². The summed E-state index contributed by atoms with van der Waals surface area (Å²) in [4.78, 5) is 22.3. The Labute approximate surface area is 93.2 Å². The number of methoxy groups -OCH3 is 1. The third-order valence-electron chi connectivity index (χ3n) is 2.19. The number of carbonyl (C=O) groups is 2. The highest BCUT2D eigenvalue weighted by Gasteiger charge is 2.15. The zero-order chi connectivity index (χ0) is 12.3. The van der Waals surface area contributed by atoms with E-state index >= 15 is 0 Å². The molecule has 4 heteroatoms. The van der Waals surface area contributed by atoms with E-state index in [1.165, 1.54) is 20.1 Å². The zero-order valence-corrected chi connectivity index (χ0v) is 9.46. The van der Waals surface area contributed by atoms with E-state index < -0.39 is 11.6 Å². The van der Waals surface area contributed by atoms with Gasteiger partial charge in [-0.25, -0.2) is 4.39 Å². The Morgan fingerprint density at radius 3 is 2.50 bits per heavy atom. The number of ether oxygens (including phenoxy) is 1. The molecule has 16 heavy (non-hydrogen) atoms. The molecule has 0 unspecified atom stereocenters. The van der Waals surface area contributed by atoms with Crippen LogP contribution >= 0.6 is 0 Å². The molecule has 0 aliphatic rings. The van der Waals surface area contributed by atoms with E-state index in [-0.39, 0.29) is 17.8 Å². The van der Waals surface area contributed by atoms with Crippen LogP contribution in [0.2, 0.25) is 0 Å². The topological polar surface area (TPSA) is 43.4 Å². The van der Waals surface area contributed by atoms with E-state index in [1.807, 2.05) is 0 Å². The van der Waals surface area contributed by atoms with Crippen molar-refractivity contribution in [1.82, 2.24) is 0 Å². The summed E-state index contributed by atoms with van der Waals surface area (Å²) in [6, 6.07) is 2.56. The maximum atomic E-state index is 13.5. The maximum absolute atomic E-state index is 13.5. The predicted octanol–water partition coefficient (Wildman–Crippen LogP) is 2.30. The Balaban J connectivity index is 3.10. The first-order valence-corrected chi connectivity index (χ1v) is 4.82. The van der Waals surface area contributed by atoms with Gasteiger partial charge in [-0.15, -0.1) is 0 Å². The second-order valence-electron chi connectivity index (χ2n) is 3.60. The van der Waals surface area contributed by atoms with E-state index in [0.717, 1.165) is 6.07 Å². The predicted molar refractivity (Wildman–Crippen MR) is 57.3 cm³/mol. The molecule has 3 nitrogen and oxygen atoms in total. The van der Waals surface area contributed by atoms with Gasteiger partial charge in [0.05, 0.1) is 19.1 Å². The molecule has 1 aromatic carbocycles. The first-order chi connectivity index (χ1) is 7.45. The Hall–Kier alpha value is -1.71. The summed E-state index contributed by atoms with van der Waals surface area (Å²) in [5, 5.41) is 0. The molecular weight excluding hydrogens is 211 g/mol. The number of ketones is 2. The molecule has 86 valence electrons. The molecule has 0 atom stereocenters. The van der Waals surface area contributed by atoms with Crippen LogP contribution in [0.25, 0.3) is 0 Å². The fraction of sp³-hybridized carbons (Fsp3) is 0.333. The number of rotatable bonds is 4. The zero-order valence-electron chi connectivity index (χ0n) is 9.46. The van der Waals surface area contributed by atoms with Crippen molar-refractivity contribution in [1.29, 1.82) is 0 Å². The molecule has 0 N–H and O–H groups in total. The molecule has 0 radical (unpaired) electrons. The van der Waals surface area contributed by atoms with Gasteiger partial charge in [-0.2, -0.15) is 0 Å². The Morgan fingerprint density at radius 1 is 1.38 bits per heavy atom. The van der Waals surface area contributed by atoms with Crippen LogP contribution in [0.1, 0.15) is 29.3 Å². The normalized spacial score (nSPS) is 10.0. The molecule has 0 saturated heterocycles. The van der Waals surface area contributed by atoms with Crippen LogP contribution < -0.4 is 4.74 Å². The van der Waals surface area contributed by atoms with E-state index in [4.69, 9.17) is 4.74 Å². The smallest absolute Gasteiger partial charge is 0.173 e. The van der Waals surface area contributed by atoms with Crippen LogP contribution in [0.15, 0.2) is 12.1 Å². The summed E-state index contributed by atoms with van der Waals surface area (Å²) in [5.74, 6) is -1.06. The minimum atomic E-state index is -0.659.